The Kier molecular flexibility index (Phi) is 3.59. The lowest BCUT2D eigenvalue weighted by molar-refractivity contribution is 0.0979. The van der Waals surface area contributed by atoms with Crippen molar-refractivity contribution in [1.82, 2.24) is 0 Å². The molecule has 1 aromatic heterocycles. The zero-order valence-electron chi connectivity index (χ0n) is 10.3. The summed E-state index contributed by atoms with van der Waals surface area (Å²) in [7, 11) is 0. The standard InChI is InChI=1S/C15H13NOS/c1-10-3-5-12(6-4-10)13(7-16)15(17)14-9-18-8-11(14)2/h3-6,8-9,13H,1-2H3. The van der Waals surface area contributed by atoms with E-state index in [-0.39, 0.29) is 5.78 Å². The van der Waals surface area contributed by atoms with Gasteiger partial charge in [0.25, 0.3) is 0 Å². The number of rotatable bonds is 3. The number of aryl methyl sites for hydroxylation is 2. The molecule has 0 spiro atoms. The Labute approximate surface area is 111 Å². The molecular weight excluding hydrogens is 242 g/mol. The number of ketones is 1. The fourth-order valence-electron chi connectivity index (χ4n) is 1.81. The lowest BCUT2D eigenvalue weighted by Gasteiger charge is -2.08. The normalized spacial score (nSPS) is 11.8. The first-order chi connectivity index (χ1) is 8.63. The van der Waals surface area contributed by atoms with E-state index in [1.54, 1.807) is 0 Å². The van der Waals surface area contributed by atoms with Gasteiger partial charge in [0.1, 0.15) is 5.92 Å². The number of nitriles is 1. The summed E-state index contributed by atoms with van der Waals surface area (Å²) in [5.41, 5.74) is 3.48. The summed E-state index contributed by atoms with van der Waals surface area (Å²) in [6.07, 6.45) is 0. The predicted octanol–water partition coefficient (Wildman–Crippen LogP) is 3.86. The number of Topliss-reactive ketones (excluding diaryl/α,β-unsaturated/α-hetero) is 1. The van der Waals surface area contributed by atoms with Crippen molar-refractivity contribution in [2.45, 2.75) is 19.8 Å². The molecule has 90 valence electrons. The molecule has 1 heterocycles. The summed E-state index contributed by atoms with van der Waals surface area (Å²) < 4.78 is 0. The van der Waals surface area contributed by atoms with E-state index in [9.17, 15) is 10.1 Å². The van der Waals surface area contributed by atoms with Gasteiger partial charge in [0.05, 0.1) is 6.07 Å². The zero-order chi connectivity index (χ0) is 13.1. The molecule has 1 unspecified atom stereocenters. The van der Waals surface area contributed by atoms with Gasteiger partial charge in [-0.15, -0.1) is 0 Å². The lowest BCUT2D eigenvalue weighted by Crippen LogP contribution is -2.11. The van der Waals surface area contributed by atoms with Crippen LogP contribution >= 0.6 is 11.3 Å². The topological polar surface area (TPSA) is 40.9 Å². The molecule has 1 atom stereocenters. The van der Waals surface area contributed by atoms with Crippen molar-refractivity contribution < 1.29 is 4.79 Å². The monoisotopic (exact) mass is 255 g/mol. The highest BCUT2D eigenvalue weighted by Gasteiger charge is 2.23. The SMILES string of the molecule is Cc1ccc(C(C#N)C(=O)c2cscc2C)cc1. The van der Waals surface area contributed by atoms with Gasteiger partial charge < -0.3 is 0 Å². The Balaban J connectivity index is 2.36. The van der Waals surface area contributed by atoms with Crippen LogP contribution in [0.25, 0.3) is 0 Å². The fourth-order valence-corrected chi connectivity index (χ4v) is 2.65. The van der Waals surface area contributed by atoms with Crippen molar-refractivity contribution in [3.05, 3.63) is 57.3 Å². The largest absolute Gasteiger partial charge is 0.292 e. The number of thiophene rings is 1. The quantitative estimate of drug-likeness (QED) is 0.781. The van der Waals surface area contributed by atoms with Gasteiger partial charge in [-0.05, 0) is 30.4 Å². The van der Waals surface area contributed by atoms with Crippen LogP contribution in [0.1, 0.15) is 33.0 Å². The molecule has 18 heavy (non-hydrogen) atoms. The summed E-state index contributed by atoms with van der Waals surface area (Å²) >= 11 is 1.49. The first-order valence-electron chi connectivity index (χ1n) is 5.66. The van der Waals surface area contributed by atoms with Crippen LogP contribution in [-0.2, 0) is 0 Å². The highest BCUT2D eigenvalue weighted by Crippen LogP contribution is 2.24. The van der Waals surface area contributed by atoms with E-state index < -0.39 is 5.92 Å². The summed E-state index contributed by atoms with van der Waals surface area (Å²) in [4.78, 5) is 12.3. The summed E-state index contributed by atoms with van der Waals surface area (Å²) in [5.74, 6) is -0.820. The van der Waals surface area contributed by atoms with E-state index in [1.165, 1.54) is 11.3 Å². The molecule has 0 amide bonds. The van der Waals surface area contributed by atoms with Crippen LogP contribution in [0, 0.1) is 25.2 Å². The van der Waals surface area contributed by atoms with Crippen molar-refractivity contribution in [2.24, 2.45) is 0 Å². The molecule has 0 aliphatic heterocycles. The number of benzene rings is 1. The Morgan fingerprint density at radius 3 is 2.39 bits per heavy atom. The van der Waals surface area contributed by atoms with E-state index in [2.05, 4.69) is 6.07 Å². The van der Waals surface area contributed by atoms with Gasteiger partial charge in [0.15, 0.2) is 5.78 Å². The minimum absolute atomic E-state index is 0.111. The summed E-state index contributed by atoms with van der Waals surface area (Å²) in [6.45, 7) is 3.88. The van der Waals surface area contributed by atoms with Crippen LogP contribution in [0.15, 0.2) is 35.0 Å². The lowest BCUT2D eigenvalue weighted by atomic mass is 9.91. The molecule has 0 aliphatic rings. The first-order valence-corrected chi connectivity index (χ1v) is 6.61. The second kappa shape index (κ2) is 5.16. The van der Waals surface area contributed by atoms with Gasteiger partial charge in [0.2, 0.25) is 0 Å². The zero-order valence-corrected chi connectivity index (χ0v) is 11.1. The van der Waals surface area contributed by atoms with E-state index in [1.807, 2.05) is 48.9 Å². The van der Waals surface area contributed by atoms with Crippen molar-refractivity contribution in [3.8, 4) is 6.07 Å². The molecule has 0 saturated heterocycles. The molecule has 2 aromatic rings. The van der Waals surface area contributed by atoms with Gasteiger partial charge in [-0.2, -0.15) is 16.6 Å². The number of nitrogens with zero attached hydrogens (tertiary/aromatic N) is 1. The van der Waals surface area contributed by atoms with Gasteiger partial charge in [0, 0.05) is 10.9 Å². The third-order valence-electron chi connectivity index (χ3n) is 2.92. The van der Waals surface area contributed by atoms with Gasteiger partial charge in [-0.25, -0.2) is 0 Å². The number of hydrogen-bond donors (Lipinski definition) is 0. The second-order valence-corrected chi connectivity index (χ2v) is 5.05. The molecule has 0 bridgehead atoms. The van der Waals surface area contributed by atoms with Crippen molar-refractivity contribution in [3.63, 3.8) is 0 Å². The Bertz CT molecular complexity index is 604. The fraction of sp³-hybridized carbons (Fsp3) is 0.200. The van der Waals surface area contributed by atoms with Crippen LogP contribution in [0.4, 0.5) is 0 Å². The van der Waals surface area contributed by atoms with Crippen LogP contribution in [-0.4, -0.2) is 5.78 Å². The molecule has 0 N–H and O–H groups in total. The minimum atomic E-state index is -0.709. The third-order valence-corrected chi connectivity index (χ3v) is 3.78. The van der Waals surface area contributed by atoms with Crippen LogP contribution < -0.4 is 0 Å². The summed E-state index contributed by atoms with van der Waals surface area (Å²) in [6, 6.07) is 9.66. The van der Waals surface area contributed by atoms with E-state index in [0.717, 1.165) is 16.7 Å². The maximum Gasteiger partial charge on any atom is 0.185 e. The van der Waals surface area contributed by atoms with Gasteiger partial charge >= 0.3 is 0 Å². The van der Waals surface area contributed by atoms with E-state index in [4.69, 9.17) is 0 Å². The smallest absolute Gasteiger partial charge is 0.185 e. The molecule has 2 nitrogen and oxygen atoms in total. The highest BCUT2D eigenvalue weighted by molar-refractivity contribution is 7.08. The maximum absolute atomic E-state index is 12.3. The first kappa shape index (κ1) is 12.5. The third kappa shape index (κ3) is 2.34. The molecule has 0 radical (unpaired) electrons. The molecule has 0 fully saturated rings. The highest BCUT2D eigenvalue weighted by atomic mass is 32.1. The number of carbonyl (C=O) groups excluding carboxylic acids is 1. The van der Waals surface area contributed by atoms with E-state index >= 15 is 0 Å². The average molecular weight is 255 g/mol. The van der Waals surface area contributed by atoms with Crippen LogP contribution in [0.2, 0.25) is 0 Å². The Morgan fingerprint density at radius 2 is 1.89 bits per heavy atom. The van der Waals surface area contributed by atoms with Crippen molar-refractivity contribution in [1.29, 1.82) is 5.26 Å². The maximum atomic E-state index is 12.3. The average Bonchev–Trinajstić information content (AvgIpc) is 2.78. The number of carbonyl (C=O) groups is 1. The predicted molar refractivity (Wildman–Crippen MR) is 72.9 cm³/mol. The number of hydrogen-bond acceptors (Lipinski definition) is 3. The van der Waals surface area contributed by atoms with E-state index in [0.29, 0.717) is 5.56 Å². The van der Waals surface area contributed by atoms with Gasteiger partial charge in [-0.3, -0.25) is 4.79 Å². The second-order valence-electron chi connectivity index (χ2n) is 4.31. The molecule has 3 heteroatoms. The molecular formula is C15H13NOS. The summed E-state index contributed by atoms with van der Waals surface area (Å²) in [5, 5.41) is 13.0. The molecule has 0 aliphatic carbocycles. The Morgan fingerprint density at radius 1 is 1.22 bits per heavy atom. The van der Waals surface area contributed by atoms with Crippen LogP contribution in [0.5, 0.6) is 0 Å². The Hall–Kier alpha value is -1.92. The van der Waals surface area contributed by atoms with Crippen LogP contribution in [0.3, 0.4) is 0 Å². The molecule has 0 saturated carbocycles. The molecule has 1 aromatic carbocycles. The molecule has 2 rings (SSSR count). The van der Waals surface area contributed by atoms with Crippen molar-refractivity contribution >= 4 is 17.1 Å². The minimum Gasteiger partial charge on any atom is -0.292 e. The van der Waals surface area contributed by atoms with Gasteiger partial charge in [-0.1, -0.05) is 29.8 Å². The van der Waals surface area contributed by atoms with Crippen molar-refractivity contribution in [2.75, 3.05) is 0 Å².